The van der Waals surface area contributed by atoms with E-state index >= 15 is 0 Å². The van der Waals surface area contributed by atoms with Crippen LogP contribution in [-0.4, -0.2) is 14.2 Å². The molecule has 0 N–H and O–H groups in total. The number of hydrogen-bond donors (Lipinski definition) is 0. The van der Waals surface area contributed by atoms with Gasteiger partial charge in [0, 0.05) is 0 Å². The van der Waals surface area contributed by atoms with Crippen LogP contribution in [0.25, 0.3) is 0 Å². The molecule has 28 heavy (non-hydrogen) atoms. The summed E-state index contributed by atoms with van der Waals surface area (Å²) in [5.41, 5.74) is 5.36. The van der Waals surface area contributed by atoms with Crippen molar-refractivity contribution in [1.82, 2.24) is 0 Å². The Morgan fingerprint density at radius 3 is 1.18 bits per heavy atom. The normalized spacial score (nSPS) is 10.7. The number of aryl methyl sites for hydroxylation is 2. The van der Waals surface area contributed by atoms with Crippen molar-refractivity contribution in [2.75, 3.05) is 14.2 Å². The number of rotatable bonds is 2. The van der Waals surface area contributed by atoms with Crippen LogP contribution < -0.4 is 10.2 Å². The van der Waals surface area contributed by atoms with Crippen LogP contribution in [0.1, 0.15) is 63.8 Å². The summed E-state index contributed by atoms with van der Waals surface area (Å²) < 4.78 is 0. The van der Waals surface area contributed by atoms with Crippen LogP contribution in [0.15, 0.2) is 34.1 Å². The van der Waals surface area contributed by atoms with Crippen molar-refractivity contribution in [3.8, 4) is 0 Å². The maximum Gasteiger partial charge on any atom is 4.00 e. The third-order valence-corrected chi connectivity index (χ3v) is 4.69. The minimum atomic E-state index is 0. The molecular formula is C24H34O2STi. The molecule has 2 rings (SSSR count). The molecule has 0 bridgehead atoms. The van der Waals surface area contributed by atoms with Gasteiger partial charge in [-0.15, -0.1) is 21.6 Å². The third kappa shape index (κ3) is 9.76. The molecular weight excluding hydrogens is 400 g/mol. The van der Waals surface area contributed by atoms with Gasteiger partial charge in [-0.05, 0) is 10.8 Å². The summed E-state index contributed by atoms with van der Waals surface area (Å²) in [6, 6.07) is 16.1. The predicted octanol–water partition coefficient (Wildman–Crippen LogP) is 4.60. The van der Waals surface area contributed by atoms with Crippen molar-refractivity contribution < 1.29 is 31.9 Å². The molecule has 0 aliphatic carbocycles. The van der Waals surface area contributed by atoms with Crippen molar-refractivity contribution >= 4 is 11.8 Å². The van der Waals surface area contributed by atoms with E-state index in [4.69, 9.17) is 10.2 Å². The van der Waals surface area contributed by atoms with E-state index in [1.54, 1.807) is 11.8 Å². The Morgan fingerprint density at radius 1 is 0.643 bits per heavy atom. The zero-order valence-electron chi connectivity index (χ0n) is 19.0. The molecule has 0 spiro atoms. The standard InChI is InChI=1S/C22H28S.2CH3O.Ti/c1-15-9-17(21(3,4)5)13-19(11-15)23-20-12-16(2)10-18(14-20)22(6,7)8;2*1-2;/h9-12H,1-8H3;2*1H3;/q-2;2*-1;+4. The average molecular weight is 434 g/mol. The summed E-state index contributed by atoms with van der Waals surface area (Å²) in [5.74, 6) is 0. The maximum atomic E-state index is 8.25. The van der Waals surface area contributed by atoms with Crippen LogP contribution in [0, 0.1) is 26.0 Å². The second-order valence-electron chi connectivity index (χ2n) is 8.47. The summed E-state index contributed by atoms with van der Waals surface area (Å²) in [6.07, 6.45) is 0. The van der Waals surface area contributed by atoms with Crippen LogP contribution >= 0.6 is 11.8 Å². The summed E-state index contributed by atoms with van der Waals surface area (Å²) in [4.78, 5) is 2.35. The molecule has 2 nitrogen and oxygen atoms in total. The molecule has 0 saturated carbocycles. The van der Waals surface area contributed by atoms with E-state index in [1.807, 2.05) is 0 Å². The van der Waals surface area contributed by atoms with E-state index < -0.39 is 0 Å². The molecule has 4 heteroatoms. The molecule has 0 heterocycles. The van der Waals surface area contributed by atoms with E-state index in [0.717, 1.165) is 14.2 Å². The van der Waals surface area contributed by atoms with Gasteiger partial charge in [-0.3, -0.25) is 0 Å². The SMILES string of the molecule is C[O-].C[O-].Cc1cc(Sc2[c-]c(C(C)(C)C)cc(C)c2)[c-]c(C(C)(C)C)c1.[Ti+4]. The molecule has 2 aromatic carbocycles. The Labute approximate surface area is 192 Å². The average Bonchev–Trinajstić information content (AvgIpc) is 2.56. The van der Waals surface area contributed by atoms with Gasteiger partial charge in [-0.2, -0.15) is 72.9 Å². The Hall–Kier alpha value is -0.576. The first-order valence-electron chi connectivity index (χ1n) is 9.03. The Balaban J connectivity index is 0. The topological polar surface area (TPSA) is 46.1 Å². The largest absolute Gasteiger partial charge is 4.00 e. The second kappa shape index (κ2) is 12.9. The Morgan fingerprint density at radius 2 is 0.929 bits per heavy atom. The molecule has 152 valence electrons. The van der Waals surface area contributed by atoms with Gasteiger partial charge in [-0.1, -0.05) is 55.4 Å². The molecule has 0 aliphatic heterocycles. The molecule has 0 aromatic heterocycles. The first-order chi connectivity index (χ1) is 12.4. The third-order valence-electron chi connectivity index (χ3n) is 3.81. The minimum Gasteiger partial charge on any atom is -0.857 e. The first-order valence-corrected chi connectivity index (χ1v) is 9.85. The number of hydrogen-bond acceptors (Lipinski definition) is 3. The fraction of sp³-hybridized carbons (Fsp3) is 0.500. The molecule has 0 saturated heterocycles. The predicted molar refractivity (Wildman–Crippen MR) is 113 cm³/mol. The van der Waals surface area contributed by atoms with Crippen LogP contribution in [0.5, 0.6) is 0 Å². The van der Waals surface area contributed by atoms with Gasteiger partial charge in [0.15, 0.2) is 0 Å². The van der Waals surface area contributed by atoms with Crippen LogP contribution in [0.2, 0.25) is 0 Å². The zero-order valence-corrected chi connectivity index (χ0v) is 21.4. The van der Waals surface area contributed by atoms with Crippen molar-refractivity contribution in [1.29, 1.82) is 0 Å². The smallest absolute Gasteiger partial charge is 0.857 e. The Kier molecular flexibility index (Phi) is 13.6. The Bertz CT molecular complexity index is 652. The van der Waals surface area contributed by atoms with Crippen LogP contribution in [0.4, 0.5) is 0 Å². The van der Waals surface area contributed by atoms with E-state index in [-0.39, 0.29) is 32.5 Å². The molecule has 0 atom stereocenters. The molecule has 0 fully saturated rings. The molecule has 0 radical (unpaired) electrons. The molecule has 0 aliphatic rings. The minimum absolute atomic E-state index is 0. The van der Waals surface area contributed by atoms with Gasteiger partial charge < -0.3 is 10.2 Å². The monoisotopic (exact) mass is 434 g/mol. The summed E-state index contributed by atoms with van der Waals surface area (Å²) in [5, 5.41) is 16.5. The van der Waals surface area contributed by atoms with E-state index in [9.17, 15) is 0 Å². The van der Waals surface area contributed by atoms with Crippen molar-refractivity contribution in [3.63, 3.8) is 0 Å². The van der Waals surface area contributed by atoms with Gasteiger partial charge in [0.1, 0.15) is 0 Å². The fourth-order valence-electron chi connectivity index (χ4n) is 2.40. The first kappa shape index (κ1) is 29.6. The van der Waals surface area contributed by atoms with Gasteiger partial charge in [0.2, 0.25) is 0 Å². The summed E-state index contributed by atoms with van der Waals surface area (Å²) >= 11 is 1.77. The zero-order chi connectivity index (χ0) is 21.4. The molecule has 0 amide bonds. The van der Waals surface area contributed by atoms with Crippen LogP contribution in [-0.2, 0) is 32.5 Å². The van der Waals surface area contributed by atoms with E-state index in [1.165, 1.54) is 32.0 Å². The van der Waals surface area contributed by atoms with Crippen molar-refractivity contribution in [3.05, 3.63) is 58.7 Å². The summed E-state index contributed by atoms with van der Waals surface area (Å²) in [7, 11) is 1.50. The second-order valence-corrected chi connectivity index (χ2v) is 9.56. The van der Waals surface area contributed by atoms with Crippen molar-refractivity contribution in [2.45, 2.75) is 76.0 Å². The molecule has 2 aromatic rings. The van der Waals surface area contributed by atoms with E-state index in [2.05, 4.69) is 91.8 Å². The quantitative estimate of drug-likeness (QED) is 0.513. The molecule has 0 unspecified atom stereocenters. The number of benzene rings is 2. The fourth-order valence-corrected chi connectivity index (χ4v) is 3.45. The van der Waals surface area contributed by atoms with Gasteiger partial charge in [0.05, 0.1) is 0 Å². The maximum absolute atomic E-state index is 8.25. The van der Waals surface area contributed by atoms with Crippen LogP contribution in [0.3, 0.4) is 0 Å². The van der Waals surface area contributed by atoms with E-state index in [0.29, 0.717) is 0 Å². The van der Waals surface area contributed by atoms with Crippen molar-refractivity contribution in [2.24, 2.45) is 0 Å². The van der Waals surface area contributed by atoms with Gasteiger partial charge in [0.25, 0.3) is 0 Å². The van der Waals surface area contributed by atoms with Gasteiger partial charge >= 0.3 is 21.7 Å². The summed E-state index contributed by atoms with van der Waals surface area (Å²) in [6.45, 7) is 17.8. The van der Waals surface area contributed by atoms with Gasteiger partial charge in [-0.25, -0.2) is 0 Å².